The van der Waals surface area contributed by atoms with Crippen LogP contribution in [0.5, 0.6) is 0 Å². The third-order valence-corrected chi connectivity index (χ3v) is 3.53. The normalized spacial score (nSPS) is 20.8. The van der Waals surface area contributed by atoms with E-state index in [9.17, 15) is 5.11 Å². The van der Waals surface area contributed by atoms with Crippen molar-refractivity contribution in [3.8, 4) is 0 Å². The molecular weight excluding hydrogens is 226 g/mol. The number of nitrogen functional groups attached to an aromatic ring is 1. The molecule has 1 aromatic rings. The molecule has 18 heavy (non-hydrogen) atoms. The van der Waals surface area contributed by atoms with Gasteiger partial charge in [0.25, 0.3) is 0 Å². The largest absolute Gasteiger partial charge is 0.396 e. The first-order valence-corrected chi connectivity index (χ1v) is 6.45. The summed E-state index contributed by atoms with van der Waals surface area (Å²) in [5.41, 5.74) is 7.43. The summed E-state index contributed by atoms with van der Waals surface area (Å²) in [6, 6.07) is 7.84. The molecule has 0 amide bonds. The van der Waals surface area contributed by atoms with E-state index in [1.165, 1.54) is 5.56 Å². The fourth-order valence-corrected chi connectivity index (χ4v) is 2.49. The average molecular weight is 247 g/mol. The van der Waals surface area contributed by atoms with E-state index in [-0.39, 0.29) is 5.84 Å². The van der Waals surface area contributed by atoms with Crippen molar-refractivity contribution in [1.82, 2.24) is 4.90 Å². The van der Waals surface area contributed by atoms with Crippen molar-refractivity contribution in [3.05, 3.63) is 35.4 Å². The molecule has 1 atom stereocenters. The zero-order valence-electron chi connectivity index (χ0n) is 10.6. The lowest BCUT2D eigenvalue weighted by Crippen LogP contribution is -2.36. The lowest BCUT2D eigenvalue weighted by molar-refractivity contribution is 0.116. The Bertz CT molecular complexity index is 402. The topological polar surface area (TPSA) is 73.3 Å². The summed E-state index contributed by atoms with van der Waals surface area (Å²) in [4.78, 5) is 2.38. The number of hydrogen-bond acceptors (Lipinski definition) is 3. The number of aliphatic hydroxyl groups excluding tert-OH is 1. The fraction of sp³-hybridized carbons (Fsp3) is 0.500. The summed E-state index contributed by atoms with van der Waals surface area (Å²) in [6.07, 6.45) is 2.30. The van der Waals surface area contributed by atoms with E-state index in [4.69, 9.17) is 11.1 Å². The molecule has 4 nitrogen and oxygen atoms in total. The van der Waals surface area contributed by atoms with Gasteiger partial charge in [0.15, 0.2) is 0 Å². The third-order valence-electron chi connectivity index (χ3n) is 3.53. The molecule has 1 saturated heterocycles. The SMILES string of the molecule is N=C(N)c1ccc(CN2CCCC(CO)C2)cc1. The van der Waals surface area contributed by atoms with Crippen molar-refractivity contribution in [3.63, 3.8) is 0 Å². The van der Waals surface area contributed by atoms with Crippen LogP contribution in [0, 0.1) is 11.3 Å². The van der Waals surface area contributed by atoms with Crippen molar-refractivity contribution < 1.29 is 5.11 Å². The minimum Gasteiger partial charge on any atom is -0.396 e. The molecule has 1 heterocycles. The maximum Gasteiger partial charge on any atom is 0.122 e. The number of amidine groups is 1. The van der Waals surface area contributed by atoms with Crippen molar-refractivity contribution >= 4 is 5.84 Å². The summed E-state index contributed by atoms with van der Waals surface area (Å²) < 4.78 is 0. The van der Waals surface area contributed by atoms with Gasteiger partial charge in [-0.15, -0.1) is 0 Å². The average Bonchev–Trinajstić information content (AvgIpc) is 2.39. The highest BCUT2D eigenvalue weighted by molar-refractivity contribution is 5.94. The van der Waals surface area contributed by atoms with Crippen LogP contribution in [-0.4, -0.2) is 35.5 Å². The van der Waals surface area contributed by atoms with E-state index < -0.39 is 0 Å². The Morgan fingerprint density at radius 1 is 1.39 bits per heavy atom. The van der Waals surface area contributed by atoms with Gasteiger partial charge in [-0.25, -0.2) is 0 Å². The van der Waals surface area contributed by atoms with E-state index >= 15 is 0 Å². The maximum absolute atomic E-state index is 9.21. The number of piperidine rings is 1. The number of aliphatic hydroxyl groups is 1. The first-order chi connectivity index (χ1) is 8.69. The van der Waals surface area contributed by atoms with Gasteiger partial charge in [-0.1, -0.05) is 24.3 Å². The summed E-state index contributed by atoms with van der Waals surface area (Å²) in [6.45, 7) is 3.28. The van der Waals surface area contributed by atoms with Crippen molar-refractivity contribution in [2.45, 2.75) is 19.4 Å². The Hall–Kier alpha value is -1.39. The Labute approximate surface area is 108 Å². The van der Waals surface area contributed by atoms with Gasteiger partial charge in [0, 0.05) is 25.3 Å². The Morgan fingerprint density at radius 2 is 2.11 bits per heavy atom. The van der Waals surface area contributed by atoms with Crippen LogP contribution in [-0.2, 0) is 6.54 Å². The summed E-state index contributed by atoms with van der Waals surface area (Å²) in [7, 11) is 0. The number of nitrogens with two attached hydrogens (primary N) is 1. The van der Waals surface area contributed by atoms with E-state index in [0.29, 0.717) is 12.5 Å². The second-order valence-electron chi connectivity index (χ2n) is 5.04. The van der Waals surface area contributed by atoms with Gasteiger partial charge in [0.05, 0.1) is 0 Å². The van der Waals surface area contributed by atoms with E-state index in [1.807, 2.05) is 24.3 Å². The fourth-order valence-electron chi connectivity index (χ4n) is 2.49. The first kappa shape index (κ1) is 13.1. The van der Waals surface area contributed by atoms with Gasteiger partial charge < -0.3 is 10.8 Å². The minimum absolute atomic E-state index is 0.111. The van der Waals surface area contributed by atoms with Crippen LogP contribution in [0.1, 0.15) is 24.0 Å². The molecule has 98 valence electrons. The number of nitrogens with zero attached hydrogens (tertiary/aromatic N) is 1. The van der Waals surface area contributed by atoms with Gasteiger partial charge in [-0.05, 0) is 30.9 Å². The molecule has 4 heteroatoms. The summed E-state index contributed by atoms with van der Waals surface area (Å²) in [5, 5.41) is 16.6. The molecule has 0 aromatic heterocycles. The van der Waals surface area contributed by atoms with Crippen LogP contribution in [0.2, 0.25) is 0 Å². The number of rotatable bonds is 4. The molecule has 1 aliphatic heterocycles. The molecule has 4 N–H and O–H groups in total. The maximum atomic E-state index is 9.21. The second-order valence-corrected chi connectivity index (χ2v) is 5.04. The summed E-state index contributed by atoms with van der Waals surface area (Å²) >= 11 is 0. The smallest absolute Gasteiger partial charge is 0.122 e. The van der Waals surface area contributed by atoms with E-state index in [0.717, 1.165) is 38.0 Å². The predicted octanol–water partition coefficient (Wildman–Crippen LogP) is 1.17. The quantitative estimate of drug-likeness (QED) is 0.552. The van der Waals surface area contributed by atoms with E-state index in [1.54, 1.807) is 0 Å². The standard InChI is InChI=1S/C14H21N3O/c15-14(16)13-5-3-11(4-6-13)8-17-7-1-2-12(9-17)10-18/h3-6,12,18H,1-2,7-10H2,(H3,15,16). The first-order valence-electron chi connectivity index (χ1n) is 6.45. The number of likely N-dealkylation sites (tertiary alicyclic amines) is 1. The minimum atomic E-state index is 0.111. The second kappa shape index (κ2) is 5.98. The van der Waals surface area contributed by atoms with Gasteiger partial charge in [0.1, 0.15) is 5.84 Å². The Kier molecular flexibility index (Phi) is 4.33. The highest BCUT2D eigenvalue weighted by atomic mass is 16.3. The van der Waals surface area contributed by atoms with Crippen LogP contribution in [0.4, 0.5) is 0 Å². The van der Waals surface area contributed by atoms with Crippen LogP contribution < -0.4 is 5.73 Å². The highest BCUT2D eigenvalue weighted by Gasteiger charge is 2.18. The van der Waals surface area contributed by atoms with E-state index in [2.05, 4.69) is 4.90 Å². The molecule has 0 aliphatic carbocycles. The number of hydrogen-bond donors (Lipinski definition) is 3. The van der Waals surface area contributed by atoms with Crippen molar-refractivity contribution in [2.75, 3.05) is 19.7 Å². The van der Waals surface area contributed by atoms with Crippen molar-refractivity contribution in [2.24, 2.45) is 11.7 Å². The van der Waals surface area contributed by atoms with Crippen molar-refractivity contribution in [1.29, 1.82) is 5.41 Å². The highest BCUT2D eigenvalue weighted by Crippen LogP contribution is 2.18. The zero-order valence-corrected chi connectivity index (χ0v) is 10.6. The van der Waals surface area contributed by atoms with Crippen LogP contribution in [0.25, 0.3) is 0 Å². The molecule has 1 aliphatic rings. The van der Waals surface area contributed by atoms with Gasteiger partial charge in [0.2, 0.25) is 0 Å². The molecule has 2 rings (SSSR count). The molecule has 0 spiro atoms. The third kappa shape index (κ3) is 3.31. The van der Waals surface area contributed by atoms with Gasteiger partial charge in [-0.2, -0.15) is 0 Å². The Balaban J connectivity index is 1.94. The van der Waals surface area contributed by atoms with Crippen LogP contribution in [0.3, 0.4) is 0 Å². The molecule has 0 saturated carbocycles. The van der Waals surface area contributed by atoms with Gasteiger partial charge in [-0.3, -0.25) is 10.3 Å². The molecular formula is C14H21N3O. The Morgan fingerprint density at radius 3 is 2.72 bits per heavy atom. The molecule has 0 radical (unpaired) electrons. The molecule has 1 unspecified atom stereocenters. The summed E-state index contributed by atoms with van der Waals surface area (Å²) in [5.74, 6) is 0.537. The zero-order chi connectivity index (χ0) is 13.0. The molecule has 1 aromatic carbocycles. The molecule has 1 fully saturated rings. The molecule has 0 bridgehead atoms. The number of benzene rings is 1. The number of nitrogens with one attached hydrogen (secondary N) is 1. The lowest BCUT2D eigenvalue weighted by Gasteiger charge is -2.31. The monoisotopic (exact) mass is 247 g/mol. The lowest BCUT2D eigenvalue weighted by atomic mass is 9.98. The van der Waals surface area contributed by atoms with Crippen LogP contribution >= 0.6 is 0 Å². The predicted molar refractivity (Wildman–Crippen MR) is 72.5 cm³/mol. The van der Waals surface area contributed by atoms with Crippen LogP contribution in [0.15, 0.2) is 24.3 Å². The van der Waals surface area contributed by atoms with Gasteiger partial charge >= 0.3 is 0 Å².